The highest BCUT2D eigenvalue weighted by Gasteiger charge is 1.99. The fourth-order valence-electron chi connectivity index (χ4n) is 0.905. The average molecular weight is 168 g/mol. The van der Waals surface area contributed by atoms with Crippen LogP contribution in [0.3, 0.4) is 0 Å². The number of allylic oxidation sites excluding steroid dienone is 2. The number of aliphatic carboxylic acids is 1. The highest BCUT2D eigenvalue weighted by atomic mass is 16.4. The summed E-state index contributed by atoms with van der Waals surface area (Å²) in [4.78, 5) is 10.2. The Hall–Kier alpha value is -1.05. The summed E-state index contributed by atoms with van der Waals surface area (Å²) in [7, 11) is 0. The lowest BCUT2D eigenvalue weighted by Gasteiger charge is -2.01. The van der Waals surface area contributed by atoms with Gasteiger partial charge in [-0.2, -0.15) is 0 Å². The lowest BCUT2D eigenvalue weighted by Crippen LogP contribution is -1.95. The molecule has 0 rings (SSSR count). The van der Waals surface area contributed by atoms with Gasteiger partial charge < -0.3 is 5.11 Å². The van der Waals surface area contributed by atoms with Crippen molar-refractivity contribution in [3.63, 3.8) is 0 Å². The standard InChI is InChI=1S/C10H16O2/c1-3-4-5-6-9(2)7-8-10(11)12/h3H,1-2,4-8H2,(H,11,12). The summed E-state index contributed by atoms with van der Waals surface area (Å²) in [5.41, 5.74) is 1.03. The van der Waals surface area contributed by atoms with Gasteiger partial charge in [0.25, 0.3) is 0 Å². The van der Waals surface area contributed by atoms with Crippen molar-refractivity contribution in [2.75, 3.05) is 0 Å². The van der Waals surface area contributed by atoms with Gasteiger partial charge in [0.2, 0.25) is 0 Å². The second-order valence-electron chi connectivity index (χ2n) is 2.82. The van der Waals surface area contributed by atoms with Crippen molar-refractivity contribution in [1.82, 2.24) is 0 Å². The maximum Gasteiger partial charge on any atom is 0.303 e. The van der Waals surface area contributed by atoms with Crippen LogP contribution in [-0.2, 0) is 4.79 Å². The Bertz CT molecular complexity index is 171. The Kier molecular flexibility index (Phi) is 6.07. The van der Waals surface area contributed by atoms with Crippen LogP contribution in [0.5, 0.6) is 0 Å². The Labute approximate surface area is 73.6 Å². The molecule has 0 aliphatic heterocycles. The van der Waals surface area contributed by atoms with Crippen LogP contribution in [0.15, 0.2) is 24.8 Å². The summed E-state index contributed by atoms with van der Waals surface area (Å²) in [5.74, 6) is -0.750. The zero-order chi connectivity index (χ0) is 9.40. The zero-order valence-corrected chi connectivity index (χ0v) is 7.38. The first-order chi connectivity index (χ1) is 5.66. The number of unbranched alkanes of at least 4 members (excludes halogenated alkanes) is 1. The average Bonchev–Trinajstić information content (AvgIpc) is 2.01. The van der Waals surface area contributed by atoms with E-state index in [4.69, 9.17) is 5.11 Å². The van der Waals surface area contributed by atoms with Crippen molar-refractivity contribution in [2.24, 2.45) is 0 Å². The Morgan fingerprint density at radius 3 is 2.50 bits per heavy atom. The molecule has 0 spiro atoms. The second kappa shape index (κ2) is 6.65. The molecule has 0 radical (unpaired) electrons. The van der Waals surface area contributed by atoms with Gasteiger partial charge in [0.05, 0.1) is 0 Å². The van der Waals surface area contributed by atoms with Gasteiger partial charge in [0.1, 0.15) is 0 Å². The quantitative estimate of drug-likeness (QED) is 0.469. The highest BCUT2D eigenvalue weighted by Crippen LogP contribution is 2.11. The molecule has 0 aromatic heterocycles. The van der Waals surface area contributed by atoms with Crippen molar-refractivity contribution in [3.8, 4) is 0 Å². The van der Waals surface area contributed by atoms with Crippen molar-refractivity contribution < 1.29 is 9.90 Å². The van der Waals surface area contributed by atoms with Crippen LogP contribution < -0.4 is 0 Å². The van der Waals surface area contributed by atoms with Crippen molar-refractivity contribution >= 4 is 5.97 Å². The maximum absolute atomic E-state index is 10.2. The van der Waals surface area contributed by atoms with E-state index >= 15 is 0 Å². The molecule has 0 aromatic rings. The van der Waals surface area contributed by atoms with Gasteiger partial charge in [-0.3, -0.25) is 4.79 Å². The molecule has 1 N–H and O–H groups in total. The first kappa shape index (κ1) is 11.0. The molecule has 0 amide bonds. The number of carboxylic acids is 1. The summed E-state index contributed by atoms with van der Waals surface area (Å²) in [6.07, 6.45) is 5.59. The third-order valence-electron chi connectivity index (χ3n) is 1.63. The van der Waals surface area contributed by atoms with Gasteiger partial charge in [0.15, 0.2) is 0 Å². The van der Waals surface area contributed by atoms with Crippen LogP contribution in [0, 0.1) is 0 Å². The highest BCUT2D eigenvalue weighted by molar-refractivity contribution is 5.66. The van der Waals surface area contributed by atoms with Crippen LogP contribution in [-0.4, -0.2) is 11.1 Å². The van der Waals surface area contributed by atoms with E-state index in [1.807, 2.05) is 6.08 Å². The molecule has 0 heterocycles. The molecule has 2 heteroatoms. The van der Waals surface area contributed by atoms with Gasteiger partial charge in [-0.1, -0.05) is 18.2 Å². The van der Waals surface area contributed by atoms with Crippen LogP contribution in [0.1, 0.15) is 32.1 Å². The van der Waals surface area contributed by atoms with E-state index in [-0.39, 0.29) is 6.42 Å². The van der Waals surface area contributed by atoms with Crippen molar-refractivity contribution in [2.45, 2.75) is 32.1 Å². The molecule has 0 aliphatic rings. The Morgan fingerprint density at radius 2 is 2.00 bits per heavy atom. The van der Waals surface area contributed by atoms with Crippen molar-refractivity contribution in [1.29, 1.82) is 0 Å². The third kappa shape index (κ3) is 7.06. The molecule has 0 saturated heterocycles. The number of carbonyl (C=O) groups is 1. The van der Waals surface area contributed by atoms with E-state index in [0.29, 0.717) is 6.42 Å². The minimum Gasteiger partial charge on any atom is -0.481 e. The summed E-state index contributed by atoms with van der Waals surface area (Å²) in [6.45, 7) is 7.41. The smallest absolute Gasteiger partial charge is 0.303 e. The van der Waals surface area contributed by atoms with Crippen LogP contribution >= 0.6 is 0 Å². The SMILES string of the molecule is C=CCCCC(=C)CCC(=O)O. The fraction of sp³-hybridized carbons (Fsp3) is 0.500. The Morgan fingerprint density at radius 1 is 1.33 bits per heavy atom. The number of hydrogen-bond donors (Lipinski definition) is 1. The normalized spacial score (nSPS) is 9.33. The van der Waals surface area contributed by atoms with Gasteiger partial charge in [-0.15, -0.1) is 6.58 Å². The first-order valence-electron chi connectivity index (χ1n) is 4.16. The number of carboxylic acid groups (broad SMARTS) is 1. The molecule has 68 valence electrons. The van der Waals surface area contributed by atoms with Crippen molar-refractivity contribution in [3.05, 3.63) is 24.8 Å². The van der Waals surface area contributed by atoms with Crippen LogP contribution in [0.25, 0.3) is 0 Å². The largest absolute Gasteiger partial charge is 0.481 e. The molecule has 0 aromatic carbocycles. The molecule has 12 heavy (non-hydrogen) atoms. The Balaban J connectivity index is 3.33. The van der Waals surface area contributed by atoms with Crippen LogP contribution in [0.2, 0.25) is 0 Å². The predicted octanol–water partition coefficient (Wildman–Crippen LogP) is 2.76. The molecule has 0 aliphatic carbocycles. The number of hydrogen-bond acceptors (Lipinski definition) is 1. The van der Waals surface area contributed by atoms with Crippen LogP contribution in [0.4, 0.5) is 0 Å². The van der Waals surface area contributed by atoms with Gasteiger partial charge in [-0.05, 0) is 25.7 Å². The molecule has 0 atom stereocenters. The van der Waals surface area contributed by atoms with E-state index < -0.39 is 5.97 Å². The summed E-state index contributed by atoms with van der Waals surface area (Å²) in [6, 6.07) is 0. The van der Waals surface area contributed by atoms with E-state index in [0.717, 1.165) is 24.8 Å². The third-order valence-corrected chi connectivity index (χ3v) is 1.63. The molecule has 0 bridgehead atoms. The molecule has 2 nitrogen and oxygen atoms in total. The molecule has 0 unspecified atom stereocenters. The van der Waals surface area contributed by atoms with Gasteiger partial charge in [0, 0.05) is 6.42 Å². The molecular weight excluding hydrogens is 152 g/mol. The minimum absolute atomic E-state index is 0.201. The fourth-order valence-corrected chi connectivity index (χ4v) is 0.905. The zero-order valence-electron chi connectivity index (χ0n) is 7.38. The maximum atomic E-state index is 10.2. The van der Waals surface area contributed by atoms with E-state index in [2.05, 4.69) is 13.2 Å². The molecular formula is C10H16O2. The molecule has 0 saturated carbocycles. The minimum atomic E-state index is -0.750. The summed E-state index contributed by atoms with van der Waals surface area (Å²) >= 11 is 0. The van der Waals surface area contributed by atoms with E-state index in [1.165, 1.54) is 0 Å². The van der Waals surface area contributed by atoms with E-state index in [1.54, 1.807) is 0 Å². The monoisotopic (exact) mass is 168 g/mol. The topological polar surface area (TPSA) is 37.3 Å². The summed E-state index contributed by atoms with van der Waals surface area (Å²) < 4.78 is 0. The lowest BCUT2D eigenvalue weighted by molar-refractivity contribution is -0.136. The second-order valence-corrected chi connectivity index (χ2v) is 2.82. The first-order valence-corrected chi connectivity index (χ1v) is 4.16. The molecule has 0 fully saturated rings. The van der Waals surface area contributed by atoms with Gasteiger partial charge in [-0.25, -0.2) is 0 Å². The van der Waals surface area contributed by atoms with E-state index in [9.17, 15) is 4.79 Å². The lowest BCUT2D eigenvalue weighted by atomic mass is 10.1. The predicted molar refractivity (Wildman–Crippen MR) is 50.1 cm³/mol. The summed E-state index contributed by atoms with van der Waals surface area (Å²) in [5, 5.41) is 8.38. The number of rotatable bonds is 7. The van der Waals surface area contributed by atoms with Gasteiger partial charge >= 0.3 is 5.97 Å².